The Bertz CT molecular complexity index is 1100. The number of fused-ring (bicyclic) bond motifs is 1. The van der Waals surface area contributed by atoms with E-state index in [1.54, 1.807) is 0 Å². The highest BCUT2D eigenvalue weighted by atomic mass is 16.3. The molecule has 1 saturated heterocycles. The number of nitrogens with one attached hydrogen (secondary N) is 1. The highest BCUT2D eigenvalue weighted by Gasteiger charge is 2.64. The number of aryl methyl sites for hydroxylation is 1. The molecule has 2 bridgehead atoms. The van der Waals surface area contributed by atoms with Crippen molar-refractivity contribution in [1.29, 1.82) is 0 Å². The summed E-state index contributed by atoms with van der Waals surface area (Å²) in [6.45, 7) is 4.88. The molecule has 0 radical (unpaired) electrons. The number of primary amides is 1. The van der Waals surface area contributed by atoms with Crippen LogP contribution in [0.15, 0.2) is 42.5 Å². The Kier molecular flexibility index (Phi) is 6.45. The number of amides is 2. The maximum Gasteiger partial charge on any atom is 0.248 e. The van der Waals surface area contributed by atoms with Gasteiger partial charge in [-0.2, -0.15) is 0 Å². The minimum absolute atomic E-state index is 0.170. The van der Waals surface area contributed by atoms with Crippen LogP contribution in [0.25, 0.3) is 0 Å². The van der Waals surface area contributed by atoms with Crippen LogP contribution in [-0.4, -0.2) is 47.1 Å². The third-order valence-electron chi connectivity index (χ3n) is 8.83. The van der Waals surface area contributed by atoms with E-state index >= 15 is 0 Å². The number of hydrogen-bond acceptors (Lipinski definition) is 4. The third kappa shape index (κ3) is 4.38. The molecule has 35 heavy (non-hydrogen) atoms. The van der Waals surface area contributed by atoms with E-state index in [1.807, 2.05) is 43.3 Å². The van der Waals surface area contributed by atoms with Gasteiger partial charge in [-0.3, -0.25) is 14.5 Å². The second-order valence-electron chi connectivity index (χ2n) is 11.0. The Balaban J connectivity index is 0.000000195. The summed E-state index contributed by atoms with van der Waals surface area (Å²) in [6, 6.07) is 14.2. The monoisotopic (exact) mass is 475 g/mol. The molecule has 2 amide bonds. The van der Waals surface area contributed by atoms with Crippen molar-refractivity contribution < 1.29 is 14.7 Å². The molecule has 186 valence electrons. The van der Waals surface area contributed by atoms with Crippen LogP contribution >= 0.6 is 0 Å². The van der Waals surface area contributed by atoms with Gasteiger partial charge in [-0.15, -0.1) is 0 Å². The summed E-state index contributed by atoms with van der Waals surface area (Å²) in [5.41, 5.74) is 10.2. The Morgan fingerprint density at radius 1 is 1.17 bits per heavy atom. The maximum atomic E-state index is 11.8. The molecular formula is C29H37N3O3. The molecule has 6 rings (SSSR count). The molecule has 6 nitrogen and oxygen atoms in total. The molecule has 1 aliphatic heterocycles. The van der Waals surface area contributed by atoms with E-state index in [0.29, 0.717) is 18.5 Å². The average Bonchev–Trinajstić information content (AvgIpc) is 3.59. The van der Waals surface area contributed by atoms with Gasteiger partial charge < -0.3 is 16.2 Å². The topological polar surface area (TPSA) is 95.7 Å². The Hall–Kier alpha value is -2.70. The van der Waals surface area contributed by atoms with Crippen LogP contribution in [0.4, 0.5) is 0 Å². The second-order valence-corrected chi connectivity index (χ2v) is 11.0. The van der Waals surface area contributed by atoms with Crippen molar-refractivity contribution in [3.05, 3.63) is 70.3 Å². The van der Waals surface area contributed by atoms with Crippen molar-refractivity contribution in [2.24, 2.45) is 11.7 Å². The lowest BCUT2D eigenvalue weighted by Gasteiger charge is -2.59. The van der Waals surface area contributed by atoms with Gasteiger partial charge in [0.05, 0.1) is 5.60 Å². The first-order chi connectivity index (χ1) is 16.9. The summed E-state index contributed by atoms with van der Waals surface area (Å²) >= 11 is 0. The van der Waals surface area contributed by atoms with Gasteiger partial charge in [-0.1, -0.05) is 35.9 Å². The summed E-state index contributed by atoms with van der Waals surface area (Å²) in [6.07, 6.45) is 8.31. The largest absolute Gasteiger partial charge is 0.387 e. The number of rotatable bonds is 6. The van der Waals surface area contributed by atoms with Crippen LogP contribution in [0, 0.1) is 12.8 Å². The SMILES string of the molecule is Cc1ccc(CNC=O)cc1.NC(=O)c1ccc2c(c1)[C@@]13CCC[C@@]1(O)C(C2)N(CC1CC1)CC3. The van der Waals surface area contributed by atoms with Crippen molar-refractivity contribution in [1.82, 2.24) is 10.2 Å². The highest BCUT2D eigenvalue weighted by molar-refractivity contribution is 5.93. The van der Waals surface area contributed by atoms with Gasteiger partial charge in [-0.05, 0) is 93.2 Å². The summed E-state index contributed by atoms with van der Waals surface area (Å²) in [5, 5.41) is 14.4. The predicted molar refractivity (Wildman–Crippen MR) is 136 cm³/mol. The van der Waals surface area contributed by atoms with Crippen LogP contribution in [0.1, 0.15) is 71.1 Å². The number of benzene rings is 2. The van der Waals surface area contributed by atoms with E-state index in [4.69, 9.17) is 5.73 Å². The number of likely N-dealkylation sites (tertiary alicyclic amines) is 1. The van der Waals surface area contributed by atoms with Crippen molar-refractivity contribution in [2.75, 3.05) is 13.1 Å². The van der Waals surface area contributed by atoms with Gasteiger partial charge in [-0.25, -0.2) is 0 Å². The quantitative estimate of drug-likeness (QED) is 0.559. The number of piperidine rings is 1. The molecule has 4 aliphatic rings. The first-order valence-corrected chi connectivity index (χ1v) is 13.0. The molecule has 1 heterocycles. The molecule has 0 aromatic heterocycles. The number of nitrogens with zero attached hydrogens (tertiary/aromatic N) is 1. The highest BCUT2D eigenvalue weighted by Crippen LogP contribution is 2.60. The van der Waals surface area contributed by atoms with Gasteiger partial charge in [0.2, 0.25) is 12.3 Å². The minimum Gasteiger partial charge on any atom is -0.387 e. The van der Waals surface area contributed by atoms with Crippen LogP contribution in [0.5, 0.6) is 0 Å². The maximum absolute atomic E-state index is 11.8. The summed E-state index contributed by atoms with van der Waals surface area (Å²) < 4.78 is 0. The van der Waals surface area contributed by atoms with E-state index in [9.17, 15) is 14.7 Å². The molecule has 3 fully saturated rings. The number of carbonyl (C=O) groups is 2. The zero-order valence-electron chi connectivity index (χ0n) is 20.6. The van der Waals surface area contributed by atoms with E-state index in [2.05, 4.69) is 16.3 Å². The summed E-state index contributed by atoms with van der Waals surface area (Å²) in [7, 11) is 0. The molecule has 3 atom stereocenters. The smallest absolute Gasteiger partial charge is 0.248 e. The lowest BCUT2D eigenvalue weighted by Crippen LogP contribution is -2.69. The van der Waals surface area contributed by atoms with E-state index < -0.39 is 5.60 Å². The molecule has 2 saturated carbocycles. The zero-order chi connectivity index (χ0) is 24.6. The number of nitrogens with two attached hydrogens (primary N) is 1. The van der Waals surface area contributed by atoms with E-state index in [-0.39, 0.29) is 17.4 Å². The van der Waals surface area contributed by atoms with Crippen LogP contribution in [0.3, 0.4) is 0 Å². The zero-order valence-corrected chi connectivity index (χ0v) is 20.6. The second kappa shape index (κ2) is 9.40. The molecule has 1 unspecified atom stereocenters. The number of aliphatic hydroxyl groups is 1. The average molecular weight is 476 g/mol. The fraction of sp³-hybridized carbons (Fsp3) is 0.517. The summed E-state index contributed by atoms with van der Waals surface area (Å²) in [5.74, 6) is 0.477. The fourth-order valence-corrected chi connectivity index (χ4v) is 6.81. The Labute approximate surface area is 207 Å². The normalized spacial score (nSPS) is 28.8. The van der Waals surface area contributed by atoms with E-state index in [0.717, 1.165) is 56.7 Å². The van der Waals surface area contributed by atoms with Crippen molar-refractivity contribution in [3.63, 3.8) is 0 Å². The lowest BCUT2D eigenvalue weighted by molar-refractivity contribution is -0.130. The van der Waals surface area contributed by atoms with Crippen LogP contribution < -0.4 is 11.1 Å². The third-order valence-corrected chi connectivity index (χ3v) is 8.83. The van der Waals surface area contributed by atoms with Crippen LogP contribution in [0.2, 0.25) is 0 Å². The van der Waals surface area contributed by atoms with Gasteiger partial charge in [0, 0.05) is 30.1 Å². The van der Waals surface area contributed by atoms with Crippen molar-refractivity contribution in [3.8, 4) is 0 Å². The van der Waals surface area contributed by atoms with Crippen LogP contribution in [-0.2, 0) is 23.2 Å². The predicted octanol–water partition coefficient (Wildman–Crippen LogP) is 3.22. The first kappa shape index (κ1) is 24.0. The molecular weight excluding hydrogens is 438 g/mol. The van der Waals surface area contributed by atoms with Gasteiger partial charge in [0.1, 0.15) is 0 Å². The van der Waals surface area contributed by atoms with Crippen molar-refractivity contribution >= 4 is 12.3 Å². The molecule has 2 aromatic rings. The lowest BCUT2D eigenvalue weighted by atomic mass is 9.56. The molecule has 0 spiro atoms. The first-order valence-electron chi connectivity index (χ1n) is 13.0. The summed E-state index contributed by atoms with van der Waals surface area (Å²) in [4.78, 5) is 24.2. The standard InChI is InChI=1S/C20H26N2O2.C9H11NO/c21-18(23)15-5-4-14-11-17-20(24)7-1-6-19(20,16(14)10-15)8-9-22(17)12-13-2-3-13;1-8-2-4-9(5-3-8)6-10-7-11/h4-5,10,13,17,24H,1-3,6-9,11-12H2,(H2,21,23);2-5,7H,6H2,1H3,(H,10,11)/t17?,19-,20+;/m0./s1. The van der Waals surface area contributed by atoms with E-state index in [1.165, 1.54) is 29.5 Å². The Morgan fingerprint density at radius 2 is 1.94 bits per heavy atom. The van der Waals surface area contributed by atoms with Gasteiger partial charge in [0.15, 0.2) is 0 Å². The van der Waals surface area contributed by atoms with Crippen molar-refractivity contribution in [2.45, 2.75) is 75.5 Å². The number of hydrogen-bond donors (Lipinski definition) is 3. The molecule has 2 aromatic carbocycles. The molecule has 3 aliphatic carbocycles. The molecule has 4 N–H and O–H groups in total. The molecule has 6 heteroatoms. The van der Waals surface area contributed by atoms with Gasteiger partial charge in [0.25, 0.3) is 0 Å². The number of carbonyl (C=O) groups excluding carboxylic acids is 2. The Morgan fingerprint density at radius 3 is 2.63 bits per heavy atom. The fourth-order valence-electron chi connectivity index (χ4n) is 6.81. The minimum atomic E-state index is -0.636. The van der Waals surface area contributed by atoms with Gasteiger partial charge >= 0.3 is 0 Å².